The molecule has 0 aromatic heterocycles. The Kier molecular flexibility index (Phi) is 2.26. The standard InChI is InChI=1S/C11H20N2O/c14-7-8-2-1-3-13(8)6-11-9-4-12-5-10(9)11/h8-12,14H,1-7H2. The number of nitrogens with zero attached hydrogens (tertiary/aromatic N) is 1. The summed E-state index contributed by atoms with van der Waals surface area (Å²) in [5.41, 5.74) is 0. The molecule has 2 aliphatic heterocycles. The molecule has 0 radical (unpaired) electrons. The molecule has 80 valence electrons. The highest BCUT2D eigenvalue weighted by Crippen LogP contribution is 2.49. The molecule has 2 saturated heterocycles. The van der Waals surface area contributed by atoms with Gasteiger partial charge in [-0.2, -0.15) is 0 Å². The van der Waals surface area contributed by atoms with Gasteiger partial charge in [0.05, 0.1) is 6.61 Å². The number of likely N-dealkylation sites (tertiary alicyclic amines) is 1. The van der Waals surface area contributed by atoms with Crippen molar-refractivity contribution in [3.05, 3.63) is 0 Å². The van der Waals surface area contributed by atoms with Crippen LogP contribution in [-0.4, -0.2) is 48.8 Å². The van der Waals surface area contributed by atoms with Crippen LogP contribution in [0.25, 0.3) is 0 Å². The van der Waals surface area contributed by atoms with E-state index in [1.165, 1.54) is 39.0 Å². The second kappa shape index (κ2) is 3.47. The van der Waals surface area contributed by atoms with Crippen molar-refractivity contribution >= 4 is 0 Å². The van der Waals surface area contributed by atoms with E-state index in [0.717, 1.165) is 17.8 Å². The van der Waals surface area contributed by atoms with Gasteiger partial charge in [0.25, 0.3) is 0 Å². The van der Waals surface area contributed by atoms with Gasteiger partial charge in [0.2, 0.25) is 0 Å². The summed E-state index contributed by atoms with van der Waals surface area (Å²) < 4.78 is 0. The van der Waals surface area contributed by atoms with Gasteiger partial charge in [-0.25, -0.2) is 0 Å². The van der Waals surface area contributed by atoms with Crippen molar-refractivity contribution in [2.75, 3.05) is 32.8 Å². The first-order valence-corrected chi connectivity index (χ1v) is 5.96. The smallest absolute Gasteiger partial charge is 0.0586 e. The van der Waals surface area contributed by atoms with Crippen LogP contribution in [0, 0.1) is 17.8 Å². The van der Waals surface area contributed by atoms with Gasteiger partial charge >= 0.3 is 0 Å². The molecule has 3 atom stereocenters. The molecule has 0 aromatic carbocycles. The van der Waals surface area contributed by atoms with Crippen molar-refractivity contribution in [3.63, 3.8) is 0 Å². The minimum Gasteiger partial charge on any atom is -0.395 e. The number of aliphatic hydroxyl groups is 1. The lowest BCUT2D eigenvalue weighted by Crippen LogP contribution is -2.35. The average Bonchev–Trinajstić information content (AvgIpc) is 2.62. The SMILES string of the molecule is OCC1CCCN1CC1C2CNCC21. The molecule has 3 nitrogen and oxygen atoms in total. The fourth-order valence-corrected chi connectivity index (χ4v) is 3.43. The van der Waals surface area contributed by atoms with E-state index in [-0.39, 0.29) is 0 Å². The fraction of sp³-hybridized carbons (Fsp3) is 1.00. The Labute approximate surface area is 85.5 Å². The highest BCUT2D eigenvalue weighted by Gasteiger charge is 2.53. The molecular weight excluding hydrogens is 176 g/mol. The third-order valence-electron chi connectivity index (χ3n) is 4.42. The van der Waals surface area contributed by atoms with Crippen molar-refractivity contribution in [1.29, 1.82) is 0 Å². The first-order chi connectivity index (χ1) is 6.90. The van der Waals surface area contributed by atoms with Crippen LogP contribution < -0.4 is 5.32 Å². The van der Waals surface area contributed by atoms with E-state index in [0.29, 0.717) is 12.6 Å². The molecular formula is C11H20N2O. The van der Waals surface area contributed by atoms with Crippen LogP contribution in [0.5, 0.6) is 0 Å². The van der Waals surface area contributed by atoms with E-state index >= 15 is 0 Å². The van der Waals surface area contributed by atoms with Crippen molar-refractivity contribution in [3.8, 4) is 0 Å². The summed E-state index contributed by atoms with van der Waals surface area (Å²) in [6.45, 7) is 5.32. The van der Waals surface area contributed by atoms with Gasteiger partial charge in [-0.1, -0.05) is 0 Å². The van der Waals surface area contributed by atoms with Gasteiger partial charge in [0.15, 0.2) is 0 Å². The Bertz CT molecular complexity index is 211. The van der Waals surface area contributed by atoms with E-state index in [2.05, 4.69) is 10.2 Å². The lowest BCUT2D eigenvalue weighted by Gasteiger charge is -2.23. The molecule has 2 N–H and O–H groups in total. The van der Waals surface area contributed by atoms with E-state index < -0.39 is 0 Å². The number of nitrogens with one attached hydrogen (secondary N) is 1. The van der Waals surface area contributed by atoms with Crippen molar-refractivity contribution < 1.29 is 5.11 Å². The molecule has 3 fully saturated rings. The van der Waals surface area contributed by atoms with Gasteiger partial charge in [0, 0.05) is 12.6 Å². The first kappa shape index (κ1) is 9.13. The predicted octanol–water partition coefficient (Wildman–Crippen LogP) is -0.0915. The Hall–Kier alpha value is -0.120. The normalized spacial score (nSPS) is 46.9. The van der Waals surface area contributed by atoms with Crippen molar-refractivity contribution in [2.45, 2.75) is 18.9 Å². The Morgan fingerprint density at radius 3 is 2.79 bits per heavy atom. The second-order valence-corrected chi connectivity index (χ2v) is 5.12. The highest BCUT2D eigenvalue weighted by molar-refractivity contribution is 5.05. The van der Waals surface area contributed by atoms with Crippen LogP contribution in [0.3, 0.4) is 0 Å². The third-order valence-corrected chi connectivity index (χ3v) is 4.42. The fourth-order valence-electron chi connectivity index (χ4n) is 3.43. The van der Waals surface area contributed by atoms with Gasteiger partial charge in [0.1, 0.15) is 0 Å². The molecule has 3 unspecified atom stereocenters. The molecule has 1 saturated carbocycles. The summed E-state index contributed by atoms with van der Waals surface area (Å²) in [5.74, 6) is 2.88. The van der Waals surface area contributed by atoms with Crippen molar-refractivity contribution in [1.82, 2.24) is 10.2 Å². The minimum absolute atomic E-state index is 0.361. The van der Waals surface area contributed by atoms with Gasteiger partial charge in [-0.15, -0.1) is 0 Å². The lowest BCUT2D eigenvalue weighted by molar-refractivity contribution is 0.150. The summed E-state index contributed by atoms with van der Waals surface area (Å²) >= 11 is 0. The van der Waals surface area contributed by atoms with Crippen LogP contribution in [0.2, 0.25) is 0 Å². The molecule has 1 aliphatic carbocycles. The zero-order chi connectivity index (χ0) is 9.54. The molecule has 2 heterocycles. The Balaban J connectivity index is 1.53. The quantitative estimate of drug-likeness (QED) is 0.662. The second-order valence-electron chi connectivity index (χ2n) is 5.12. The maximum absolute atomic E-state index is 9.22. The molecule has 14 heavy (non-hydrogen) atoms. The summed E-state index contributed by atoms with van der Waals surface area (Å²) in [6.07, 6.45) is 2.49. The van der Waals surface area contributed by atoms with Gasteiger partial charge in [-0.3, -0.25) is 4.90 Å². The summed E-state index contributed by atoms with van der Waals surface area (Å²) in [4.78, 5) is 2.52. The number of rotatable bonds is 3. The first-order valence-electron chi connectivity index (χ1n) is 5.96. The van der Waals surface area contributed by atoms with E-state index in [1.54, 1.807) is 0 Å². The van der Waals surface area contributed by atoms with E-state index in [1.807, 2.05) is 0 Å². The van der Waals surface area contributed by atoms with Crippen LogP contribution >= 0.6 is 0 Å². The topological polar surface area (TPSA) is 35.5 Å². The predicted molar refractivity (Wildman–Crippen MR) is 55.0 cm³/mol. The van der Waals surface area contributed by atoms with Gasteiger partial charge in [-0.05, 0) is 50.2 Å². The van der Waals surface area contributed by atoms with Crippen LogP contribution in [0.15, 0.2) is 0 Å². The lowest BCUT2D eigenvalue weighted by atomic mass is 10.2. The molecule has 0 aromatic rings. The zero-order valence-corrected chi connectivity index (χ0v) is 8.65. The number of fused-ring (bicyclic) bond motifs is 1. The van der Waals surface area contributed by atoms with Gasteiger partial charge < -0.3 is 10.4 Å². The van der Waals surface area contributed by atoms with Crippen LogP contribution in [0.1, 0.15) is 12.8 Å². The number of aliphatic hydroxyl groups excluding tert-OH is 1. The maximum Gasteiger partial charge on any atom is 0.0586 e. The largest absolute Gasteiger partial charge is 0.395 e. The molecule has 0 bridgehead atoms. The minimum atomic E-state index is 0.361. The van der Waals surface area contributed by atoms with Crippen molar-refractivity contribution in [2.24, 2.45) is 17.8 Å². The molecule has 3 rings (SSSR count). The number of hydrogen-bond acceptors (Lipinski definition) is 3. The third kappa shape index (κ3) is 1.38. The number of hydrogen-bond donors (Lipinski definition) is 2. The number of piperidine rings is 1. The summed E-state index contributed by atoms with van der Waals surface area (Å²) in [6, 6.07) is 0.476. The van der Waals surface area contributed by atoms with Crippen LogP contribution in [-0.2, 0) is 0 Å². The molecule has 3 aliphatic rings. The Morgan fingerprint density at radius 2 is 2.07 bits per heavy atom. The van der Waals surface area contributed by atoms with Crippen LogP contribution in [0.4, 0.5) is 0 Å². The zero-order valence-electron chi connectivity index (χ0n) is 8.65. The monoisotopic (exact) mass is 196 g/mol. The van der Waals surface area contributed by atoms with E-state index in [9.17, 15) is 5.11 Å². The molecule has 0 spiro atoms. The Morgan fingerprint density at radius 1 is 1.29 bits per heavy atom. The molecule has 3 heteroatoms. The van der Waals surface area contributed by atoms with E-state index in [4.69, 9.17) is 0 Å². The molecule has 0 amide bonds. The summed E-state index contributed by atoms with van der Waals surface area (Å²) in [7, 11) is 0. The average molecular weight is 196 g/mol. The highest BCUT2D eigenvalue weighted by atomic mass is 16.3. The maximum atomic E-state index is 9.22. The summed E-state index contributed by atoms with van der Waals surface area (Å²) in [5, 5.41) is 12.7.